The number of nitrogens with one attached hydrogen (secondary N) is 1. The van der Waals surface area contributed by atoms with Crippen LogP contribution in [-0.4, -0.2) is 28.1 Å². The lowest BCUT2D eigenvalue weighted by Crippen LogP contribution is -2.39. The minimum absolute atomic E-state index is 0.00551. The molecule has 0 fully saturated rings. The van der Waals surface area contributed by atoms with Crippen molar-refractivity contribution in [1.82, 2.24) is 15.3 Å². The molecule has 1 unspecified atom stereocenters. The number of amides is 1. The Hall–Kier alpha value is -2.29. The van der Waals surface area contributed by atoms with Crippen molar-refractivity contribution in [3.63, 3.8) is 0 Å². The third kappa shape index (κ3) is 4.59. The summed E-state index contributed by atoms with van der Waals surface area (Å²) in [4.78, 5) is 20.6. The minimum atomic E-state index is -0.400. The number of nitrogens with zero attached hydrogens (tertiary/aromatic N) is 4. The Morgan fingerprint density at radius 2 is 2.17 bits per heavy atom. The third-order valence-corrected chi connectivity index (χ3v) is 4.44. The first-order chi connectivity index (χ1) is 11.0. The number of carbonyl (C=O) groups excluding carboxylic acids is 1. The Labute approximate surface area is 137 Å². The predicted octanol–water partition coefficient (Wildman–Crippen LogP) is 2.62. The maximum Gasteiger partial charge on any atom is 0.220 e. The number of terminal acetylenes is 1. The van der Waals surface area contributed by atoms with E-state index in [9.17, 15) is 4.79 Å². The molecule has 0 bridgehead atoms. The molecule has 1 atom stereocenters. The van der Waals surface area contributed by atoms with Crippen LogP contribution >= 0.6 is 0 Å². The zero-order valence-corrected chi connectivity index (χ0v) is 13.7. The molecule has 0 saturated heterocycles. The first-order valence-corrected chi connectivity index (χ1v) is 7.94. The van der Waals surface area contributed by atoms with E-state index in [-0.39, 0.29) is 11.3 Å². The highest BCUT2D eigenvalue weighted by molar-refractivity contribution is 5.76. The van der Waals surface area contributed by atoms with Crippen LogP contribution in [0.15, 0.2) is 28.8 Å². The average Bonchev–Trinajstić information content (AvgIpc) is 3.37. The van der Waals surface area contributed by atoms with Crippen LogP contribution in [0.1, 0.15) is 51.6 Å². The predicted molar refractivity (Wildman–Crippen MR) is 87.6 cm³/mol. The zero-order chi connectivity index (χ0) is 16.8. The Kier molecular flexibility index (Phi) is 5.43. The van der Waals surface area contributed by atoms with Crippen molar-refractivity contribution in [3.8, 4) is 12.3 Å². The minimum Gasteiger partial charge on any atom is -0.355 e. The maximum atomic E-state index is 12.1. The number of rotatable bonds is 9. The quantitative estimate of drug-likeness (QED) is 0.712. The summed E-state index contributed by atoms with van der Waals surface area (Å²) in [5, 5.41) is 11.1. The van der Waals surface area contributed by atoms with Gasteiger partial charge in [0.1, 0.15) is 0 Å². The molecule has 1 aliphatic rings. The first kappa shape index (κ1) is 17.1. The molecule has 0 radical (unpaired) electrons. The van der Waals surface area contributed by atoms with E-state index in [1.54, 1.807) is 18.6 Å². The number of hydrogen-bond acceptors (Lipinski definition) is 5. The van der Waals surface area contributed by atoms with Gasteiger partial charge in [0.05, 0.1) is 5.69 Å². The molecule has 0 aromatic carbocycles. The molecule has 1 aliphatic heterocycles. The summed E-state index contributed by atoms with van der Waals surface area (Å²) in [6.45, 7) is 4.70. The molecule has 0 saturated carbocycles. The van der Waals surface area contributed by atoms with Gasteiger partial charge in [0, 0.05) is 56.2 Å². The standard InChI is InChI=1S/C17H23N5O/c1-4-6-8-17(21-22-17)9-7-15(23)20-13-16(3,5-2)14-12-18-10-11-19-14/h1,10-12H,5-9,13H2,2-3H3,(H,20,23). The molecule has 122 valence electrons. The highest BCUT2D eigenvalue weighted by Gasteiger charge is 2.39. The monoisotopic (exact) mass is 313 g/mol. The SMILES string of the molecule is C#CCCC1(CCC(=O)NCC(C)(CC)c2cnccn2)N=N1. The van der Waals surface area contributed by atoms with Gasteiger partial charge in [-0.25, -0.2) is 0 Å². The van der Waals surface area contributed by atoms with Crippen molar-refractivity contribution in [2.24, 2.45) is 10.2 Å². The smallest absolute Gasteiger partial charge is 0.220 e. The molecule has 6 nitrogen and oxygen atoms in total. The molecule has 1 aromatic rings. The van der Waals surface area contributed by atoms with Crippen LogP contribution in [0.25, 0.3) is 0 Å². The molecule has 2 heterocycles. The molecule has 1 aromatic heterocycles. The van der Waals surface area contributed by atoms with Crippen LogP contribution in [0.2, 0.25) is 0 Å². The van der Waals surface area contributed by atoms with Crippen molar-refractivity contribution in [2.75, 3.05) is 6.54 Å². The van der Waals surface area contributed by atoms with Crippen LogP contribution in [0, 0.1) is 12.3 Å². The largest absolute Gasteiger partial charge is 0.355 e. The maximum absolute atomic E-state index is 12.1. The van der Waals surface area contributed by atoms with Crippen LogP contribution in [0.5, 0.6) is 0 Å². The van der Waals surface area contributed by atoms with Gasteiger partial charge in [0.25, 0.3) is 0 Å². The summed E-state index contributed by atoms with van der Waals surface area (Å²) in [7, 11) is 0. The van der Waals surface area contributed by atoms with Gasteiger partial charge in [0.2, 0.25) is 5.91 Å². The lowest BCUT2D eigenvalue weighted by molar-refractivity contribution is -0.121. The van der Waals surface area contributed by atoms with Crippen LogP contribution < -0.4 is 5.32 Å². The van der Waals surface area contributed by atoms with Crippen molar-refractivity contribution in [2.45, 2.75) is 57.0 Å². The Morgan fingerprint density at radius 1 is 1.39 bits per heavy atom. The summed E-state index contributed by atoms with van der Waals surface area (Å²) in [6.07, 6.45) is 13.6. The first-order valence-electron chi connectivity index (χ1n) is 7.94. The van der Waals surface area contributed by atoms with Crippen molar-refractivity contribution < 1.29 is 4.79 Å². The highest BCUT2D eigenvalue weighted by Crippen LogP contribution is 2.37. The van der Waals surface area contributed by atoms with E-state index in [4.69, 9.17) is 6.42 Å². The number of hydrogen-bond donors (Lipinski definition) is 1. The summed E-state index contributed by atoms with van der Waals surface area (Å²) in [5.41, 5.74) is 0.266. The van der Waals surface area contributed by atoms with Gasteiger partial charge in [-0.1, -0.05) is 13.8 Å². The fourth-order valence-electron chi connectivity index (χ4n) is 2.37. The third-order valence-electron chi connectivity index (χ3n) is 4.44. The van der Waals surface area contributed by atoms with E-state index in [1.807, 2.05) is 0 Å². The van der Waals surface area contributed by atoms with Crippen molar-refractivity contribution in [3.05, 3.63) is 24.3 Å². The lowest BCUT2D eigenvalue weighted by Gasteiger charge is -2.27. The zero-order valence-electron chi connectivity index (χ0n) is 13.7. The summed E-state index contributed by atoms with van der Waals surface area (Å²) >= 11 is 0. The van der Waals surface area contributed by atoms with Crippen molar-refractivity contribution >= 4 is 5.91 Å². The molecule has 0 aliphatic carbocycles. The van der Waals surface area contributed by atoms with Crippen LogP contribution in [-0.2, 0) is 10.2 Å². The Balaban J connectivity index is 1.80. The average molecular weight is 313 g/mol. The van der Waals surface area contributed by atoms with Gasteiger partial charge in [-0.05, 0) is 6.42 Å². The van der Waals surface area contributed by atoms with Crippen molar-refractivity contribution in [1.29, 1.82) is 0 Å². The summed E-state index contributed by atoms with van der Waals surface area (Å²) < 4.78 is 0. The summed E-state index contributed by atoms with van der Waals surface area (Å²) in [6, 6.07) is 0. The van der Waals surface area contributed by atoms with Gasteiger partial charge in [-0.3, -0.25) is 14.8 Å². The van der Waals surface area contributed by atoms with E-state index < -0.39 is 5.66 Å². The van der Waals surface area contributed by atoms with E-state index >= 15 is 0 Å². The van der Waals surface area contributed by atoms with Gasteiger partial charge in [-0.2, -0.15) is 10.2 Å². The normalized spacial score (nSPS) is 17.1. The highest BCUT2D eigenvalue weighted by atomic mass is 16.1. The molecule has 1 amide bonds. The van der Waals surface area contributed by atoms with E-state index in [0.717, 1.165) is 18.5 Å². The molecule has 6 heteroatoms. The summed E-state index contributed by atoms with van der Waals surface area (Å²) in [5.74, 6) is 2.59. The molecule has 0 spiro atoms. The number of carbonyl (C=O) groups is 1. The molecule has 23 heavy (non-hydrogen) atoms. The van der Waals surface area contributed by atoms with Gasteiger partial charge >= 0.3 is 0 Å². The Morgan fingerprint density at radius 3 is 2.74 bits per heavy atom. The topological polar surface area (TPSA) is 79.6 Å². The molecular weight excluding hydrogens is 290 g/mol. The van der Waals surface area contributed by atoms with E-state index in [2.05, 4.69) is 45.3 Å². The number of aromatic nitrogens is 2. The fraction of sp³-hybridized carbons (Fsp3) is 0.588. The second kappa shape index (κ2) is 7.32. The van der Waals surface area contributed by atoms with Gasteiger partial charge < -0.3 is 5.32 Å². The van der Waals surface area contributed by atoms with E-state index in [0.29, 0.717) is 25.8 Å². The van der Waals surface area contributed by atoms with Gasteiger partial charge in [0.15, 0.2) is 5.66 Å². The molecular formula is C17H23N5O. The molecule has 2 rings (SSSR count). The second-order valence-electron chi connectivity index (χ2n) is 6.17. The Bertz CT molecular complexity index is 601. The fourth-order valence-corrected chi connectivity index (χ4v) is 2.37. The lowest BCUT2D eigenvalue weighted by atomic mass is 9.84. The van der Waals surface area contributed by atoms with Crippen LogP contribution in [0.4, 0.5) is 0 Å². The second-order valence-corrected chi connectivity index (χ2v) is 6.17. The molecule has 1 N–H and O–H groups in total. The van der Waals surface area contributed by atoms with Gasteiger partial charge in [-0.15, -0.1) is 12.3 Å². The van der Waals surface area contributed by atoms with Crippen LogP contribution in [0.3, 0.4) is 0 Å². The van der Waals surface area contributed by atoms with E-state index in [1.165, 1.54) is 0 Å².